The first-order chi connectivity index (χ1) is 8.84. The van der Waals surface area contributed by atoms with Gasteiger partial charge in [0.2, 0.25) is 0 Å². The monoisotopic (exact) mass is 267 g/mol. The van der Waals surface area contributed by atoms with E-state index >= 15 is 0 Å². The maximum absolute atomic E-state index is 6.33. The minimum absolute atomic E-state index is 0.618. The molecule has 1 aromatic carbocycles. The van der Waals surface area contributed by atoms with Crippen LogP contribution < -0.4 is 14.8 Å². The summed E-state index contributed by atoms with van der Waals surface area (Å²) in [6.45, 7) is 3.46. The predicted molar refractivity (Wildman–Crippen MR) is 71.7 cm³/mol. The Bertz CT molecular complexity index is 430. The lowest BCUT2D eigenvalue weighted by atomic mass is 9.90. The molecule has 0 aliphatic carbocycles. The topological polar surface area (TPSA) is 30.5 Å². The molecular weight excluding hydrogens is 250 g/mol. The Kier molecular flexibility index (Phi) is 3.62. The molecule has 0 spiro atoms. The van der Waals surface area contributed by atoms with Crippen LogP contribution in [0.2, 0.25) is 5.02 Å². The van der Waals surface area contributed by atoms with E-state index in [-0.39, 0.29) is 0 Å². The highest BCUT2D eigenvalue weighted by molar-refractivity contribution is 6.31. The van der Waals surface area contributed by atoms with Crippen LogP contribution in [-0.2, 0) is 6.42 Å². The average molecular weight is 268 g/mol. The van der Waals surface area contributed by atoms with Crippen LogP contribution in [0.25, 0.3) is 0 Å². The summed E-state index contributed by atoms with van der Waals surface area (Å²) in [6, 6.07) is 3.83. The van der Waals surface area contributed by atoms with Gasteiger partial charge in [-0.2, -0.15) is 0 Å². The highest BCUT2D eigenvalue weighted by Gasteiger charge is 2.22. The lowest BCUT2D eigenvalue weighted by Crippen LogP contribution is -2.29. The molecule has 98 valence electrons. The van der Waals surface area contributed by atoms with E-state index in [1.807, 2.05) is 12.1 Å². The summed E-state index contributed by atoms with van der Waals surface area (Å²) in [6.07, 6.45) is 3.41. The third kappa shape index (κ3) is 2.43. The molecule has 3 rings (SSSR count). The van der Waals surface area contributed by atoms with Gasteiger partial charge in [0.15, 0.2) is 11.5 Å². The first-order valence-corrected chi connectivity index (χ1v) is 7.00. The molecule has 2 aliphatic heterocycles. The number of halogens is 1. The van der Waals surface area contributed by atoms with E-state index in [0.29, 0.717) is 19.1 Å². The molecule has 0 bridgehead atoms. The molecule has 0 aromatic heterocycles. The van der Waals surface area contributed by atoms with Crippen molar-refractivity contribution in [3.63, 3.8) is 0 Å². The quantitative estimate of drug-likeness (QED) is 0.894. The molecule has 1 aromatic rings. The first kappa shape index (κ1) is 12.1. The van der Waals surface area contributed by atoms with E-state index in [9.17, 15) is 0 Å². The van der Waals surface area contributed by atoms with Crippen LogP contribution in [0.15, 0.2) is 12.1 Å². The number of hydrogen-bond acceptors (Lipinski definition) is 3. The third-order valence-electron chi connectivity index (χ3n) is 3.71. The standard InChI is InChI=1S/C14H18ClNO2/c15-12-1-2-13-14(18-8-7-17-13)11(12)9-10-3-5-16-6-4-10/h1-2,10,16H,3-9H2. The van der Waals surface area contributed by atoms with Gasteiger partial charge in [-0.05, 0) is 50.4 Å². The van der Waals surface area contributed by atoms with Gasteiger partial charge in [-0.25, -0.2) is 0 Å². The first-order valence-electron chi connectivity index (χ1n) is 6.62. The van der Waals surface area contributed by atoms with E-state index in [4.69, 9.17) is 21.1 Å². The van der Waals surface area contributed by atoms with Crippen LogP contribution in [0, 0.1) is 5.92 Å². The molecule has 1 fully saturated rings. The van der Waals surface area contributed by atoms with Crippen molar-refractivity contribution in [3.8, 4) is 11.5 Å². The summed E-state index contributed by atoms with van der Waals surface area (Å²) in [7, 11) is 0. The fourth-order valence-corrected chi connectivity index (χ4v) is 2.94. The minimum Gasteiger partial charge on any atom is -0.486 e. The van der Waals surface area contributed by atoms with Gasteiger partial charge in [0.05, 0.1) is 0 Å². The van der Waals surface area contributed by atoms with Crippen molar-refractivity contribution >= 4 is 11.6 Å². The van der Waals surface area contributed by atoms with Crippen LogP contribution in [0.1, 0.15) is 18.4 Å². The largest absolute Gasteiger partial charge is 0.486 e. The number of piperidine rings is 1. The Balaban J connectivity index is 1.85. The molecule has 1 saturated heterocycles. The van der Waals surface area contributed by atoms with Crippen molar-refractivity contribution in [2.24, 2.45) is 5.92 Å². The third-order valence-corrected chi connectivity index (χ3v) is 4.06. The van der Waals surface area contributed by atoms with E-state index in [1.165, 1.54) is 12.8 Å². The van der Waals surface area contributed by atoms with Crippen molar-refractivity contribution in [3.05, 3.63) is 22.7 Å². The number of nitrogens with one attached hydrogen (secondary N) is 1. The SMILES string of the molecule is Clc1ccc2c(c1CC1CCNCC1)OCCO2. The zero-order chi connectivity index (χ0) is 12.4. The molecule has 0 atom stereocenters. The summed E-state index contributed by atoms with van der Waals surface area (Å²) < 4.78 is 11.4. The number of benzene rings is 1. The number of hydrogen-bond donors (Lipinski definition) is 1. The second kappa shape index (κ2) is 5.37. The minimum atomic E-state index is 0.618. The normalized spacial score (nSPS) is 19.8. The van der Waals surface area contributed by atoms with Crippen LogP contribution in [0.4, 0.5) is 0 Å². The Morgan fingerprint density at radius 2 is 1.94 bits per heavy atom. The molecule has 0 radical (unpaired) electrons. The van der Waals surface area contributed by atoms with Crippen LogP contribution in [0.3, 0.4) is 0 Å². The second-order valence-electron chi connectivity index (χ2n) is 4.95. The van der Waals surface area contributed by atoms with Gasteiger partial charge >= 0.3 is 0 Å². The van der Waals surface area contributed by atoms with E-state index in [0.717, 1.165) is 41.6 Å². The summed E-state index contributed by atoms with van der Waals surface area (Å²) >= 11 is 6.33. The fourth-order valence-electron chi connectivity index (χ4n) is 2.71. The van der Waals surface area contributed by atoms with Gasteiger partial charge < -0.3 is 14.8 Å². The molecule has 0 unspecified atom stereocenters. The van der Waals surface area contributed by atoms with Crippen LogP contribution in [0.5, 0.6) is 11.5 Å². The van der Waals surface area contributed by atoms with Gasteiger partial charge in [0, 0.05) is 10.6 Å². The number of fused-ring (bicyclic) bond motifs is 1. The van der Waals surface area contributed by atoms with Crippen molar-refractivity contribution < 1.29 is 9.47 Å². The Morgan fingerprint density at radius 1 is 1.17 bits per heavy atom. The van der Waals surface area contributed by atoms with Crippen molar-refractivity contribution in [1.82, 2.24) is 5.32 Å². The summed E-state index contributed by atoms with van der Waals surface area (Å²) in [5, 5.41) is 4.19. The van der Waals surface area contributed by atoms with Gasteiger partial charge in [-0.3, -0.25) is 0 Å². The summed E-state index contributed by atoms with van der Waals surface area (Å²) in [5.74, 6) is 2.41. The molecule has 2 heterocycles. The van der Waals surface area contributed by atoms with E-state index in [1.54, 1.807) is 0 Å². The molecule has 2 aliphatic rings. The maximum atomic E-state index is 6.33. The molecule has 0 saturated carbocycles. The number of ether oxygens (including phenoxy) is 2. The summed E-state index contributed by atoms with van der Waals surface area (Å²) in [4.78, 5) is 0. The van der Waals surface area contributed by atoms with Crippen LogP contribution in [-0.4, -0.2) is 26.3 Å². The van der Waals surface area contributed by atoms with E-state index in [2.05, 4.69) is 5.32 Å². The molecule has 18 heavy (non-hydrogen) atoms. The number of rotatable bonds is 2. The highest BCUT2D eigenvalue weighted by Crippen LogP contribution is 2.40. The molecule has 3 nitrogen and oxygen atoms in total. The average Bonchev–Trinajstić information content (AvgIpc) is 2.43. The smallest absolute Gasteiger partial charge is 0.166 e. The van der Waals surface area contributed by atoms with Gasteiger partial charge in [-0.15, -0.1) is 0 Å². The van der Waals surface area contributed by atoms with Gasteiger partial charge in [0.1, 0.15) is 13.2 Å². The lowest BCUT2D eigenvalue weighted by Gasteiger charge is -2.26. The Hall–Kier alpha value is -0.930. The van der Waals surface area contributed by atoms with Crippen LogP contribution >= 0.6 is 11.6 Å². The zero-order valence-corrected chi connectivity index (χ0v) is 11.1. The van der Waals surface area contributed by atoms with Crippen molar-refractivity contribution in [2.75, 3.05) is 26.3 Å². The molecule has 0 amide bonds. The van der Waals surface area contributed by atoms with Gasteiger partial charge in [-0.1, -0.05) is 11.6 Å². The Morgan fingerprint density at radius 3 is 2.78 bits per heavy atom. The van der Waals surface area contributed by atoms with Crippen molar-refractivity contribution in [1.29, 1.82) is 0 Å². The predicted octanol–water partition coefficient (Wildman–Crippen LogP) is 2.65. The lowest BCUT2D eigenvalue weighted by molar-refractivity contribution is 0.169. The fraction of sp³-hybridized carbons (Fsp3) is 0.571. The molecule has 1 N–H and O–H groups in total. The Labute approximate surface area is 112 Å². The van der Waals surface area contributed by atoms with Crippen molar-refractivity contribution in [2.45, 2.75) is 19.3 Å². The van der Waals surface area contributed by atoms with E-state index < -0.39 is 0 Å². The second-order valence-corrected chi connectivity index (χ2v) is 5.35. The molecular formula is C14H18ClNO2. The maximum Gasteiger partial charge on any atom is 0.166 e. The highest BCUT2D eigenvalue weighted by atomic mass is 35.5. The zero-order valence-electron chi connectivity index (χ0n) is 10.4. The summed E-state index contributed by atoms with van der Waals surface area (Å²) in [5.41, 5.74) is 1.13. The molecule has 4 heteroatoms. The van der Waals surface area contributed by atoms with Gasteiger partial charge in [0.25, 0.3) is 0 Å².